The van der Waals surface area contributed by atoms with Crippen molar-refractivity contribution in [3.05, 3.63) is 75.5 Å². The molecule has 0 aliphatic heterocycles. The number of thiazole rings is 1. The summed E-state index contributed by atoms with van der Waals surface area (Å²) in [6.45, 7) is 5.43. The molecule has 0 saturated heterocycles. The number of pyridine rings is 1. The summed E-state index contributed by atoms with van der Waals surface area (Å²) in [5.41, 5.74) is 2.59. The molecule has 0 spiro atoms. The molecule has 4 rings (SSSR count). The monoisotopic (exact) mass is 452 g/mol. The SMILES string of the molecule is CC(C)c1sc(CCNCc2nc3ccccc3[nH]2)nc1C(=O)NCc1ncccc1F. The Kier molecular flexibility index (Phi) is 6.87. The third kappa shape index (κ3) is 5.17. The van der Waals surface area contributed by atoms with E-state index in [9.17, 15) is 9.18 Å². The molecule has 1 aromatic carbocycles. The van der Waals surface area contributed by atoms with Crippen LogP contribution in [0.4, 0.5) is 4.39 Å². The quantitative estimate of drug-likeness (QED) is 0.334. The number of amides is 1. The highest BCUT2D eigenvalue weighted by Gasteiger charge is 2.20. The van der Waals surface area contributed by atoms with Gasteiger partial charge in [-0.3, -0.25) is 9.78 Å². The van der Waals surface area contributed by atoms with Crippen molar-refractivity contribution in [2.75, 3.05) is 6.54 Å². The Morgan fingerprint density at radius 1 is 1.16 bits per heavy atom. The fourth-order valence-electron chi connectivity index (χ4n) is 3.33. The number of aromatic nitrogens is 4. The number of nitrogens with zero attached hydrogens (tertiary/aromatic N) is 3. The van der Waals surface area contributed by atoms with Crippen LogP contribution < -0.4 is 10.6 Å². The number of carbonyl (C=O) groups is 1. The molecule has 1 amide bonds. The van der Waals surface area contributed by atoms with Crippen molar-refractivity contribution in [2.45, 2.75) is 39.3 Å². The van der Waals surface area contributed by atoms with Gasteiger partial charge in [-0.25, -0.2) is 14.4 Å². The number of hydrogen-bond acceptors (Lipinski definition) is 6. The minimum Gasteiger partial charge on any atom is -0.345 e. The van der Waals surface area contributed by atoms with Gasteiger partial charge in [-0.1, -0.05) is 26.0 Å². The number of imidazole rings is 1. The number of para-hydroxylation sites is 2. The summed E-state index contributed by atoms with van der Waals surface area (Å²) in [6.07, 6.45) is 2.20. The van der Waals surface area contributed by atoms with Crippen LogP contribution in [0.25, 0.3) is 11.0 Å². The van der Waals surface area contributed by atoms with Gasteiger partial charge in [0, 0.05) is 24.0 Å². The van der Waals surface area contributed by atoms with Crippen LogP contribution in [-0.2, 0) is 19.5 Å². The maximum Gasteiger partial charge on any atom is 0.271 e. The zero-order chi connectivity index (χ0) is 22.5. The molecule has 0 bridgehead atoms. The van der Waals surface area contributed by atoms with Crippen LogP contribution in [0.2, 0.25) is 0 Å². The summed E-state index contributed by atoms with van der Waals surface area (Å²) in [5, 5.41) is 7.00. The Hall–Kier alpha value is -3.17. The summed E-state index contributed by atoms with van der Waals surface area (Å²) >= 11 is 1.55. The number of carbonyl (C=O) groups excluding carboxylic acids is 1. The van der Waals surface area contributed by atoms with Gasteiger partial charge >= 0.3 is 0 Å². The van der Waals surface area contributed by atoms with E-state index in [2.05, 4.69) is 30.6 Å². The van der Waals surface area contributed by atoms with Crippen molar-refractivity contribution < 1.29 is 9.18 Å². The Labute approximate surface area is 189 Å². The molecule has 166 valence electrons. The fraction of sp³-hybridized carbons (Fsp3) is 0.304. The minimum atomic E-state index is -0.439. The lowest BCUT2D eigenvalue weighted by molar-refractivity contribution is 0.0944. The highest BCUT2D eigenvalue weighted by atomic mass is 32.1. The first-order valence-corrected chi connectivity index (χ1v) is 11.3. The van der Waals surface area contributed by atoms with Gasteiger partial charge in [0.1, 0.15) is 17.3 Å². The van der Waals surface area contributed by atoms with E-state index in [1.54, 1.807) is 11.3 Å². The second kappa shape index (κ2) is 9.97. The molecule has 0 aliphatic rings. The number of nitrogens with one attached hydrogen (secondary N) is 3. The Bertz CT molecular complexity index is 1190. The summed E-state index contributed by atoms with van der Waals surface area (Å²) in [4.78, 5) is 30.1. The zero-order valence-electron chi connectivity index (χ0n) is 18.0. The van der Waals surface area contributed by atoms with Gasteiger partial charge in [-0.15, -0.1) is 11.3 Å². The van der Waals surface area contributed by atoms with Gasteiger partial charge in [0.25, 0.3) is 5.91 Å². The van der Waals surface area contributed by atoms with Crippen molar-refractivity contribution in [1.82, 2.24) is 30.6 Å². The number of halogens is 1. The van der Waals surface area contributed by atoms with Gasteiger partial charge in [0.05, 0.1) is 34.8 Å². The topological polar surface area (TPSA) is 95.6 Å². The number of fused-ring (bicyclic) bond motifs is 1. The lowest BCUT2D eigenvalue weighted by Crippen LogP contribution is -2.25. The van der Waals surface area contributed by atoms with Crippen LogP contribution >= 0.6 is 11.3 Å². The first-order chi connectivity index (χ1) is 15.5. The molecule has 3 aromatic heterocycles. The number of hydrogen-bond donors (Lipinski definition) is 3. The van der Waals surface area contributed by atoms with E-state index >= 15 is 0 Å². The lowest BCUT2D eigenvalue weighted by atomic mass is 10.1. The van der Waals surface area contributed by atoms with E-state index in [0.717, 1.165) is 26.7 Å². The van der Waals surface area contributed by atoms with Gasteiger partial charge in [0.2, 0.25) is 0 Å². The van der Waals surface area contributed by atoms with Gasteiger partial charge in [-0.05, 0) is 30.2 Å². The van der Waals surface area contributed by atoms with Crippen molar-refractivity contribution in [3.63, 3.8) is 0 Å². The molecule has 4 aromatic rings. The predicted octanol–water partition coefficient (Wildman–Crippen LogP) is 3.94. The van der Waals surface area contributed by atoms with Crippen molar-refractivity contribution >= 4 is 28.3 Å². The summed E-state index contributed by atoms with van der Waals surface area (Å²) in [6, 6.07) is 10.8. The molecule has 0 aliphatic carbocycles. The van der Waals surface area contributed by atoms with E-state index in [-0.39, 0.29) is 24.1 Å². The summed E-state index contributed by atoms with van der Waals surface area (Å²) < 4.78 is 13.8. The molecule has 0 atom stereocenters. The highest BCUT2D eigenvalue weighted by Crippen LogP contribution is 2.27. The molecule has 3 heterocycles. The zero-order valence-corrected chi connectivity index (χ0v) is 18.8. The van der Waals surface area contributed by atoms with E-state index in [1.807, 2.05) is 38.1 Å². The number of aromatic amines is 1. The van der Waals surface area contributed by atoms with E-state index < -0.39 is 5.82 Å². The van der Waals surface area contributed by atoms with Gasteiger partial charge < -0.3 is 15.6 Å². The second-order valence-electron chi connectivity index (χ2n) is 7.72. The fourth-order valence-corrected chi connectivity index (χ4v) is 4.39. The normalized spacial score (nSPS) is 11.4. The molecular formula is C23H25FN6OS. The van der Waals surface area contributed by atoms with Crippen LogP contribution in [0.1, 0.15) is 51.7 Å². The number of rotatable bonds is 9. The van der Waals surface area contributed by atoms with Crippen LogP contribution in [0.15, 0.2) is 42.6 Å². The van der Waals surface area contributed by atoms with Crippen molar-refractivity contribution in [3.8, 4) is 0 Å². The first-order valence-electron chi connectivity index (χ1n) is 10.5. The van der Waals surface area contributed by atoms with E-state index in [0.29, 0.717) is 25.2 Å². The average molecular weight is 453 g/mol. The molecular weight excluding hydrogens is 427 g/mol. The third-order valence-corrected chi connectivity index (χ3v) is 6.35. The molecule has 3 N–H and O–H groups in total. The van der Waals surface area contributed by atoms with Gasteiger partial charge in [-0.2, -0.15) is 0 Å². The van der Waals surface area contributed by atoms with E-state index in [4.69, 9.17) is 0 Å². The van der Waals surface area contributed by atoms with Crippen LogP contribution in [0, 0.1) is 5.82 Å². The first kappa shape index (κ1) is 22.0. The highest BCUT2D eigenvalue weighted by molar-refractivity contribution is 7.12. The molecule has 0 fully saturated rings. The maximum absolute atomic E-state index is 13.8. The molecule has 9 heteroatoms. The number of H-pyrrole nitrogens is 1. The van der Waals surface area contributed by atoms with Crippen LogP contribution in [0.5, 0.6) is 0 Å². The Morgan fingerprint density at radius 2 is 2.00 bits per heavy atom. The van der Waals surface area contributed by atoms with Gasteiger partial charge in [0.15, 0.2) is 0 Å². The third-order valence-electron chi connectivity index (χ3n) is 4.93. The molecule has 7 nitrogen and oxygen atoms in total. The average Bonchev–Trinajstić information content (AvgIpc) is 3.40. The Balaban J connectivity index is 1.34. The predicted molar refractivity (Wildman–Crippen MR) is 123 cm³/mol. The molecule has 0 unspecified atom stereocenters. The van der Waals surface area contributed by atoms with Crippen LogP contribution in [0.3, 0.4) is 0 Å². The largest absolute Gasteiger partial charge is 0.345 e. The van der Waals surface area contributed by atoms with E-state index in [1.165, 1.54) is 18.3 Å². The Morgan fingerprint density at radius 3 is 2.78 bits per heavy atom. The van der Waals surface area contributed by atoms with Crippen LogP contribution in [-0.4, -0.2) is 32.4 Å². The van der Waals surface area contributed by atoms with Crippen molar-refractivity contribution in [2.24, 2.45) is 0 Å². The maximum atomic E-state index is 13.8. The smallest absolute Gasteiger partial charge is 0.271 e. The minimum absolute atomic E-state index is 0.0228. The molecule has 32 heavy (non-hydrogen) atoms. The second-order valence-corrected chi connectivity index (χ2v) is 8.83. The van der Waals surface area contributed by atoms with Crippen molar-refractivity contribution in [1.29, 1.82) is 0 Å². The summed E-state index contributed by atoms with van der Waals surface area (Å²) in [7, 11) is 0. The standard InChI is InChI=1S/C23H25FN6OS/c1-14(2)22-21(23(31)27-12-18-15(24)6-5-10-26-18)30-20(32-22)9-11-25-13-19-28-16-7-3-4-8-17(16)29-19/h3-8,10,14,25H,9,11-13H2,1-2H3,(H,27,31)(H,28,29). The number of benzene rings is 1. The summed E-state index contributed by atoms with van der Waals surface area (Å²) in [5.74, 6) is 0.301. The molecule has 0 radical (unpaired) electrons. The molecule has 0 saturated carbocycles. The lowest BCUT2D eigenvalue weighted by Gasteiger charge is -2.07.